The SMILES string of the molecule is CC(C)(C)CC(C)(C)OC[C@@H]1CCCN1.CCOC[C@@H]1CCCN1.COC[C@@H]1CCCN1. The first-order chi connectivity index (χ1) is 15.1. The molecule has 3 N–H and O–H groups in total. The van der Waals surface area contributed by atoms with Gasteiger partial charge in [-0.05, 0) is 90.8 Å². The molecular weight excluding hydrogens is 402 g/mol. The van der Waals surface area contributed by atoms with E-state index in [-0.39, 0.29) is 5.60 Å². The molecule has 3 aliphatic heterocycles. The first-order valence-electron chi connectivity index (χ1n) is 13.1. The Kier molecular flexibility index (Phi) is 15.3. The Morgan fingerprint density at radius 3 is 1.56 bits per heavy atom. The van der Waals surface area contributed by atoms with Crippen LogP contribution in [0.4, 0.5) is 0 Å². The van der Waals surface area contributed by atoms with Gasteiger partial charge in [0.25, 0.3) is 0 Å². The Hall–Kier alpha value is -0.240. The molecule has 0 saturated carbocycles. The summed E-state index contributed by atoms with van der Waals surface area (Å²) in [5, 5.41) is 10.2. The summed E-state index contributed by atoms with van der Waals surface area (Å²) in [7, 11) is 1.75. The Balaban J connectivity index is 0.000000257. The minimum atomic E-state index is 0.00250. The topological polar surface area (TPSA) is 63.8 Å². The molecule has 0 bridgehead atoms. The maximum atomic E-state index is 6.03. The highest BCUT2D eigenvalue weighted by molar-refractivity contribution is 4.80. The van der Waals surface area contributed by atoms with Crippen LogP contribution < -0.4 is 16.0 Å². The number of methoxy groups -OCH3 is 1. The molecule has 0 aromatic rings. The number of hydrogen-bond donors (Lipinski definition) is 3. The van der Waals surface area contributed by atoms with Crippen molar-refractivity contribution in [3.63, 3.8) is 0 Å². The lowest BCUT2D eigenvalue weighted by atomic mass is 9.83. The van der Waals surface area contributed by atoms with E-state index in [1.165, 1.54) is 51.6 Å². The first kappa shape index (κ1) is 29.8. The second kappa shape index (κ2) is 16.4. The van der Waals surface area contributed by atoms with Crippen LogP contribution in [0.25, 0.3) is 0 Å². The van der Waals surface area contributed by atoms with Crippen LogP contribution in [0.1, 0.15) is 86.5 Å². The Morgan fingerprint density at radius 1 is 0.719 bits per heavy atom. The van der Waals surface area contributed by atoms with E-state index in [1.54, 1.807) is 7.11 Å². The molecule has 3 atom stereocenters. The Morgan fingerprint density at radius 2 is 1.19 bits per heavy atom. The standard InChI is InChI=1S/C13H27NO.C7H15NO.C6H13NO/c1-12(2,3)10-13(4,5)15-9-11-7-6-8-14-11;1-2-9-6-7-4-3-5-8-7;1-8-5-6-3-2-4-7-6/h11,14H,6-10H2,1-5H3;7-8H,2-6H2,1H3;6-7H,2-5H2,1H3/t11-;7-;6-/m000/s1. The zero-order valence-corrected chi connectivity index (χ0v) is 22.4. The van der Waals surface area contributed by atoms with Gasteiger partial charge in [-0.15, -0.1) is 0 Å². The molecule has 0 aromatic carbocycles. The quantitative estimate of drug-likeness (QED) is 0.484. The molecule has 0 radical (unpaired) electrons. The van der Waals surface area contributed by atoms with Gasteiger partial charge in [-0.2, -0.15) is 0 Å². The molecular formula is C26H55N3O3. The van der Waals surface area contributed by atoms with Gasteiger partial charge in [0, 0.05) is 31.8 Å². The monoisotopic (exact) mass is 457 g/mol. The van der Waals surface area contributed by atoms with Gasteiger partial charge in [0.15, 0.2) is 0 Å². The zero-order valence-electron chi connectivity index (χ0n) is 22.4. The summed E-state index contributed by atoms with van der Waals surface area (Å²) in [6.07, 6.45) is 8.88. The van der Waals surface area contributed by atoms with Crippen LogP contribution in [-0.2, 0) is 14.2 Å². The molecule has 0 aliphatic carbocycles. The third kappa shape index (κ3) is 15.6. The molecule has 6 nitrogen and oxygen atoms in total. The minimum absolute atomic E-state index is 0.00250. The largest absolute Gasteiger partial charge is 0.383 e. The average molecular weight is 458 g/mol. The molecule has 0 aromatic heterocycles. The van der Waals surface area contributed by atoms with E-state index in [0.29, 0.717) is 23.5 Å². The molecule has 3 fully saturated rings. The van der Waals surface area contributed by atoms with E-state index in [0.717, 1.165) is 39.4 Å². The van der Waals surface area contributed by atoms with Crippen molar-refractivity contribution >= 4 is 0 Å². The molecule has 3 rings (SSSR count). The summed E-state index contributed by atoms with van der Waals surface area (Å²) >= 11 is 0. The maximum absolute atomic E-state index is 6.03. The highest BCUT2D eigenvalue weighted by Gasteiger charge is 2.27. The van der Waals surface area contributed by atoms with Gasteiger partial charge in [0.1, 0.15) is 0 Å². The first-order valence-corrected chi connectivity index (χ1v) is 13.1. The lowest BCUT2D eigenvalue weighted by Gasteiger charge is -2.33. The van der Waals surface area contributed by atoms with E-state index in [4.69, 9.17) is 14.2 Å². The van der Waals surface area contributed by atoms with E-state index in [2.05, 4.69) is 50.6 Å². The van der Waals surface area contributed by atoms with Crippen molar-refractivity contribution in [3.05, 3.63) is 0 Å². The van der Waals surface area contributed by atoms with Crippen LogP contribution in [0.15, 0.2) is 0 Å². The van der Waals surface area contributed by atoms with Crippen molar-refractivity contribution in [1.29, 1.82) is 0 Å². The highest BCUT2D eigenvalue weighted by atomic mass is 16.5. The average Bonchev–Trinajstić information content (AvgIpc) is 3.48. The third-order valence-electron chi connectivity index (χ3n) is 6.01. The summed E-state index contributed by atoms with van der Waals surface area (Å²) in [5.74, 6) is 0. The lowest BCUT2D eigenvalue weighted by molar-refractivity contribution is -0.0502. The molecule has 0 amide bonds. The van der Waals surface area contributed by atoms with E-state index >= 15 is 0 Å². The molecule has 192 valence electrons. The molecule has 32 heavy (non-hydrogen) atoms. The minimum Gasteiger partial charge on any atom is -0.383 e. The zero-order chi connectivity index (χ0) is 23.9. The summed E-state index contributed by atoms with van der Waals surface area (Å²) in [6, 6.07) is 1.87. The van der Waals surface area contributed by atoms with Gasteiger partial charge < -0.3 is 30.2 Å². The number of hydrogen-bond acceptors (Lipinski definition) is 6. The molecule has 0 spiro atoms. The Bertz CT molecular complexity index is 436. The Labute approximate surface area is 199 Å². The van der Waals surface area contributed by atoms with Gasteiger partial charge in [-0.1, -0.05) is 20.8 Å². The summed E-state index contributed by atoms with van der Waals surface area (Å²) < 4.78 is 16.2. The molecule has 0 unspecified atom stereocenters. The molecule has 3 heterocycles. The van der Waals surface area contributed by atoms with Gasteiger partial charge in [-0.3, -0.25) is 0 Å². The predicted molar refractivity (Wildman–Crippen MR) is 136 cm³/mol. The number of ether oxygens (including phenoxy) is 3. The third-order valence-corrected chi connectivity index (χ3v) is 6.01. The van der Waals surface area contributed by atoms with Crippen LogP contribution in [-0.4, -0.2) is 76.9 Å². The van der Waals surface area contributed by atoms with Crippen LogP contribution in [0.2, 0.25) is 0 Å². The van der Waals surface area contributed by atoms with Crippen molar-refractivity contribution < 1.29 is 14.2 Å². The molecule has 6 heteroatoms. The van der Waals surface area contributed by atoms with Crippen molar-refractivity contribution in [2.24, 2.45) is 5.41 Å². The second-order valence-corrected chi connectivity index (χ2v) is 11.3. The normalized spacial score (nSPS) is 25.8. The number of nitrogens with one attached hydrogen (secondary N) is 3. The van der Waals surface area contributed by atoms with Crippen LogP contribution in [0.5, 0.6) is 0 Å². The van der Waals surface area contributed by atoms with Crippen LogP contribution >= 0.6 is 0 Å². The summed E-state index contributed by atoms with van der Waals surface area (Å²) in [6.45, 7) is 20.2. The van der Waals surface area contributed by atoms with Crippen molar-refractivity contribution in [2.75, 3.05) is 53.2 Å². The maximum Gasteiger partial charge on any atom is 0.0632 e. The van der Waals surface area contributed by atoms with Crippen LogP contribution in [0, 0.1) is 5.41 Å². The lowest BCUT2D eigenvalue weighted by Crippen LogP contribution is -2.36. The van der Waals surface area contributed by atoms with Crippen molar-refractivity contribution in [3.8, 4) is 0 Å². The second-order valence-electron chi connectivity index (χ2n) is 11.3. The predicted octanol–water partition coefficient (Wildman–Crippen LogP) is 4.13. The fourth-order valence-electron chi connectivity index (χ4n) is 4.81. The highest BCUT2D eigenvalue weighted by Crippen LogP contribution is 2.29. The summed E-state index contributed by atoms with van der Waals surface area (Å²) in [4.78, 5) is 0. The van der Waals surface area contributed by atoms with E-state index in [9.17, 15) is 0 Å². The van der Waals surface area contributed by atoms with Crippen molar-refractivity contribution in [1.82, 2.24) is 16.0 Å². The van der Waals surface area contributed by atoms with Gasteiger partial charge in [-0.25, -0.2) is 0 Å². The van der Waals surface area contributed by atoms with Gasteiger partial charge in [0.05, 0.1) is 25.4 Å². The summed E-state index contributed by atoms with van der Waals surface area (Å²) in [5.41, 5.74) is 0.342. The molecule has 3 aliphatic rings. The number of rotatable bonds is 9. The fraction of sp³-hybridized carbons (Fsp3) is 1.00. The van der Waals surface area contributed by atoms with Crippen LogP contribution in [0.3, 0.4) is 0 Å². The fourth-order valence-corrected chi connectivity index (χ4v) is 4.81. The van der Waals surface area contributed by atoms with E-state index < -0.39 is 0 Å². The van der Waals surface area contributed by atoms with Gasteiger partial charge in [0.2, 0.25) is 0 Å². The van der Waals surface area contributed by atoms with E-state index in [1.807, 2.05) is 6.92 Å². The van der Waals surface area contributed by atoms with Crippen molar-refractivity contribution in [2.45, 2.75) is 110 Å². The smallest absolute Gasteiger partial charge is 0.0632 e. The van der Waals surface area contributed by atoms with Gasteiger partial charge >= 0.3 is 0 Å². The molecule has 3 saturated heterocycles.